The van der Waals surface area contributed by atoms with Crippen molar-refractivity contribution in [2.45, 2.75) is 19.3 Å². The molecule has 0 heterocycles. The molecule has 0 radical (unpaired) electrons. The van der Waals surface area contributed by atoms with Crippen LogP contribution in [0.5, 0.6) is 0 Å². The summed E-state index contributed by atoms with van der Waals surface area (Å²) < 4.78 is 0. The Bertz CT molecular complexity index is 189. The molecule has 1 N–H and O–H groups in total. The first kappa shape index (κ1) is 16.1. The first-order valence-corrected chi connectivity index (χ1v) is 7.02. The van der Waals surface area contributed by atoms with E-state index in [1.807, 2.05) is 14.1 Å². The quantitative estimate of drug-likeness (QED) is 0.433. The van der Waals surface area contributed by atoms with Crippen LogP contribution in [0.4, 0.5) is 0 Å². The third-order valence-corrected chi connectivity index (χ3v) is 3.17. The van der Waals surface area contributed by atoms with E-state index in [0.29, 0.717) is 12.3 Å². The van der Waals surface area contributed by atoms with Gasteiger partial charge in [0.1, 0.15) is 0 Å². The van der Waals surface area contributed by atoms with Gasteiger partial charge in [0.25, 0.3) is 0 Å². The Balaban J connectivity index is 3.73. The van der Waals surface area contributed by atoms with Gasteiger partial charge in [-0.05, 0) is 32.7 Å². The van der Waals surface area contributed by atoms with Crippen LogP contribution in [0.3, 0.4) is 0 Å². The number of hydrogen-bond acceptors (Lipinski definition) is 4. The Kier molecular flexibility index (Phi) is 10.4. The molecule has 5 heteroatoms. The van der Waals surface area contributed by atoms with Crippen LogP contribution in [0.1, 0.15) is 19.3 Å². The first-order valence-electron chi connectivity index (χ1n) is 5.76. The average Bonchev–Trinajstić information content (AvgIpc) is 2.23. The molecule has 0 aromatic rings. The molecule has 96 valence electrons. The Hall–Kier alpha value is 0.130. The van der Waals surface area contributed by atoms with E-state index in [2.05, 4.69) is 35.5 Å². The largest absolute Gasteiger partial charge is 0.355 e. The van der Waals surface area contributed by atoms with Crippen LogP contribution < -0.4 is 5.32 Å². The molecule has 0 aliphatic rings. The maximum atomic E-state index is 11.8. The highest BCUT2D eigenvalue weighted by Gasteiger charge is 2.15. The summed E-state index contributed by atoms with van der Waals surface area (Å²) in [5.74, 6) is 1.70. The van der Waals surface area contributed by atoms with Crippen molar-refractivity contribution < 1.29 is 4.79 Å². The van der Waals surface area contributed by atoms with Gasteiger partial charge >= 0.3 is 0 Å². The minimum absolute atomic E-state index is 0.0466. The number of unbranched alkanes of at least 4 members (excludes halogenated alkanes) is 1. The lowest BCUT2D eigenvalue weighted by Gasteiger charge is -2.15. The molecule has 0 spiro atoms. The predicted molar refractivity (Wildman–Crippen MR) is 76.6 cm³/mol. The molecule has 1 atom stereocenters. The summed E-state index contributed by atoms with van der Waals surface area (Å²) in [7, 11) is 3.99. The Labute approximate surface area is 110 Å². The van der Waals surface area contributed by atoms with E-state index in [1.165, 1.54) is 0 Å². The van der Waals surface area contributed by atoms with E-state index in [4.69, 9.17) is 0 Å². The van der Waals surface area contributed by atoms with Crippen LogP contribution in [0, 0.1) is 5.92 Å². The number of likely N-dealkylation sites (N-methyl/N-ethyl adjacent to an activating group) is 1. The molecular weight excluding hydrogens is 240 g/mol. The van der Waals surface area contributed by atoms with Gasteiger partial charge in [-0.2, -0.15) is 25.3 Å². The summed E-state index contributed by atoms with van der Waals surface area (Å²) in [6, 6.07) is 0. The van der Waals surface area contributed by atoms with Gasteiger partial charge in [0, 0.05) is 24.8 Å². The van der Waals surface area contributed by atoms with Gasteiger partial charge in [-0.3, -0.25) is 4.79 Å². The van der Waals surface area contributed by atoms with E-state index in [0.717, 1.165) is 31.6 Å². The number of carbonyl (C=O) groups excluding carboxylic acids is 1. The highest BCUT2D eigenvalue weighted by molar-refractivity contribution is 7.80. The molecule has 1 unspecified atom stereocenters. The number of hydrogen-bond donors (Lipinski definition) is 3. The lowest BCUT2D eigenvalue weighted by Crippen LogP contribution is -2.36. The summed E-state index contributed by atoms with van der Waals surface area (Å²) in [6.07, 6.45) is 3.03. The van der Waals surface area contributed by atoms with Crippen molar-refractivity contribution >= 4 is 31.2 Å². The van der Waals surface area contributed by atoms with Crippen LogP contribution in [0.15, 0.2) is 0 Å². The van der Waals surface area contributed by atoms with Crippen molar-refractivity contribution in [3.63, 3.8) is 0 Å². The third kappa shape index (κ3) is 8.30. The third-order valence-electron chi connectivity index (χ3n) is 2.41. The smallest absolute Gasteiger partial charge is 0.223 e. The van der Waals surface area contributed by atoms with Gasteiger partial charge in [0.2, 0.25) is 5.91 Å². The molecule has 0 aliphatic carbocycles. The van der Waals surface area contributed by atoms with E-state index in [-0.39, 0.29) is 11.8 Å². The summed E-state index contributed by atoms with van der Waals surface area (Å²) in [6.45, 7) is 1.59. The minimum atomic E-state index is 0.0466. The van der Waals surface area contributed by atoms with Gasteiger partial charge < -0.3 is 10.2 Å². The highest BCUT2D eigenvalue weighted by atomic mass is 32.1. The van der Waals surface area contributed by atoms with Crippen LogP contribution in [-0.2, 0) is 4.79 Å². The molecule has 0 saturated carbocycles. The number of amides is 1. The normalized spacial score (nSPS) is 12.8. The van der Waals surface area contributed by atoms with Gasteiger partial charge in [-0.15, -0.1) is 0 Å². The Morgan fingerprint density at radius 1 is 1.31 bits per heavy atom. The number of nitrogens with one attached hydrogen (secondary N) is 1. The van der Waals surface area contributed by atoms with Crippen molar-refractivity contribution in [3.05, 3.63) is 0 Å². The highest BCUT2D eigenvalue weighted by Crippen LogP contribution is 2.10. The number of nitrogens with zero attached hydrogens (tertiary/aromatic N) is 1. The Morgan fingerprint density at radius 3 is 2.50 bits per heavy atom. The SMILES string of the molecule is CN(C)CCNC(=O)C(CS)CCCCS. The maximum Gasteiger partial charge on any atom is 0.223 e. The van der Waals surface area contributed by atoms with Crippen molar-refractivity contribution in [1.82, 2.24) is 10.2 Å². The van der Waals surface area contributed by atoms with Gasteiger partial charge in [0.05, 0.1) is 0 Å². The van der Waals surface area contributed by atoms with Crippen LogP contribution >= 0.6 is 25.3 Å². The second-order valence-corrected chi connectivity index (χ2v) is 5.01. The van der Waals surface area contributed by atoms with Crippen molar-refractivity contribution in [2.24, 2.45) is 5.92 Å². The molecule has 0 aromatic heterocycles. The van der Waals surface area contributed by atoms with E-state index in [9.17, 15) is 4.79 Å². The van der Waals surface area contributed by atoms with Crippen molar-refractivity contribution in [2.75, 3.05) is 38.7 Å². The molecule has 0 saturated heterocycles. The van der Waals surface area contributed by atoms with E-state index >= 15 is 0 Å². The van der Waals surface area contributed by atoms with Gasteiger partial charge in [0.15, 0.2) is 0 Å². The fraction of sp³-hybridized carbons (Fsp3) is 0.909. The zero-order valence-corrected chi connectivity index (χ0v) is 12.1. The van der Waals surface area contributed by atoms with Gasteiger partial charge in [-0.1, -0.05) is 6.42 Å². The van der Waals surface area contributed by atoms with Crippen LogP contribution in [-0.4, -0.2) is 49.5 Å². The van der Waals surface area contributed by atoms with E-state index in [1.54, 1.807) is 0 Å². The molecule has 16 heavy (non-hydrogen) atoms. The molecule has 3 nitrogen and oxygen atoms in total. The number of carbonyl (C=O) groups is 1. The maximum absolute atomic E-state index is 11.8. The number of rotatable bonds is 9. The summed E-state index contributed by atoms with van der Waals surface area (Å²) in [5.41, 5.74) is 0. The zero-order chi connectivity index (χ0) is 12.4. The molecule has 0 rings (SSSR count). The fourth-order valence-electron chi connectivity index (χ4n) is 1.35. The van der Waals surface area contributed by atoms with Gasteiger partial charge in [-0.25, -0.2) is 0 Å². The second-order valence-electron chi connectivity index (χ2n) is 4.19. The molecule has 1 amide bonds. The lowest BCUT2D eigenvalue weighted by molar-refractivity contribution is -0.124. The first-order chi connectivity index (χ1) is 7.61. The van der Waals surface area contributed by atoms with Crippen molar-refractivity contribution in [1.29, 1.82) is 0 Å². The molecule has 0 aromatic carbocycles. The lowest BCUT2D eigenvalue weighted by atomic mass is 10.0. The molecular formula is C11H24N2OS2. The van der Waals surface area contributed by atoms with Crippen molar-refractivity contribution in [3.8, 4) is 0 Å². The summed E-state index contributed by atoms with van der Waals surface area (Å²) >= 11 is 8.39. The van der Waals surface area contributed by atoms with Crippen LogP contribution in [0.2, 0.25) is 0 Å². The fourth-order valence-corrected chi connectivity index (χ4v) is 1.93. The van der Waals surface area contributed by atoms with Crippen LogP contribution in [0.25, 0.3) is 0 Å². The number of thiol groups is 2. The minimum Gasteiger partial charge on any atom is -0.355 e. The molecule has 0 aliphatic heterocycles. The standard InChI is InChI=1S/C11H24N2OS2/c1-13(2)7-6-12-11(14)10(9-16)5-3-4-8-15/h10,15-16H,3-9H2,1-2H3,(H,12,14). The Morgan fingerprint density at radius 2 is 2.00 bits per heavy atom. The monoisotopic (exact) mass is 264 g/mol. The summed E-state index contributed by atoms with van der Waals surface area (Å²) in [5, 5.41) is 2.94. The molecule has 0 bridgehead atoms. The van der Waals surface area contributed by atoms with E-state index < -0.39 is 0 Å². The summed E-state index contributed by atoms with van der Waals surface area (Å²) in [4.78, 5) is 13.8. The second kappa shape index (κ2) is 10.3. The molecule has 0 fully saturated rings. The average molecular weight is 264 g/mol. The predicted octanol–water partition coefficient (Wildman–Crippen LogP) is 1.31. The topological polar surface area (TPSA) is 32.3 Å². The zero-order valence-electron chi connectivity index (χ0n) is 10.3.